The Balaban J connectivity index is 1.82. The predicted molar refractivity (Wildman–Crippen MR) is 86.1 cm³/mol. The van der Waals surface area contributed by atoms with Gasteiger partial charge in [0.15, 0.2) is 0 Å². The van der Waals surface area contributed by atoms with Gasteiger partial charge in [-0.3, -0.25) is 19.7 Å². The van der Waals surface area contributed by atoms with E-state index in [2.05, 4.69) is 38.2 Å². The summed E-state index contributed by atoms with van der Waals surface area (Å²) in [5.74, 6) is -0.327. The highest BCUT2D eigenvalue weighted by atomic mass is 16.2. The van der Waals surface area contributed by atoms with Gasteiger partial charge in [-0.1, -0.05) is 45.1 Å². The van der Waals surface area contributed by atoms with Crippen molar-refractivity contribution < 1.29 is 14.4 Å². The van der Waals surface area contributed by atoms with Crippen molar-refractivity contribution in [3.63, 3.8) is 0 Å². The maximum absolute atomic E-state index is 12.7. The molecule has 5 heteroatoms. The molecular formula is C18H22N2O3. The molecule has 2 aliphatic heterocycles. The fourth-order valence-electron chi connectivity index (χ4n) is 3.17. The zero-order valence-corrected chi connectivity index (χ0v) is 13.8. The van der Waals surface area contributed by atoms with Gasteiger partial charge in [-0.15, -0.1) is 0 Å². The van der Waals surface area contributed by atoms with E-state index in [-0.39, 0.29) is 29.6 Å². The molecule has 0 aromatic rings. The third kappa shape index (κ3) is 2.64. The largest absolute Gasteiger partial charge is 0.322 e. The number of rotatable bonds is 2. The molecule has 1 saturated heterocycles. The highest BCUT2D eigenvalue weighted by Crippen LogP contribution is 2.36. The van der Waals surface area contributed by atoms with Crippen LogP contribution in [0.25, 0.3) is 0 Å². The number of nitrogens with zero attached hydrogens (tertiary/aromatic N) is 1. The van der Waals surface area contributed by atoms with Crippen LogP contribution >= 0.6 is 0 Å². The van der Waals surface area contributed by atoms with E-state index in [0.717, 1.165) is 5.57 Å². The van der Waals surface area contributed by atoms with Crippen LogP contribution in [0.1, 0.15) is 33.6 Å². The van der Waals surface area contributed by atoms with Crippen molar-refractivity contribution in [3.8, 4) is 0 Å². The van der Waals surface area contributed by atoms with Crippen LogP contribution in [0.4, 0.5) is 0 Å². The predicted octanol–water partition coefficient (Wildman–Crippen LogP) is 1.72. The second-order valence-corrected chi connectivity index (χ2v) is 7.03. The molecule has 0 aromatic heterocycles. The quantitative estimate of drug-likeness (QED) is 0.789. The molecule has 0 spiro atoms. The number of piperidine rings is 1. The zero-order chi connectivity index (χ0) is 16.8. The Morgan fingerprint density at radius 1 is 1.22 bits per heavy atom. The molecule has 2 atom stereocenters. The maximum atomic E-state index is 12.7. The number of carbonyl (C=O) groups excluding carboxylic acids is 3. The molecule has 2 unspecified atom stereocenters. The van der Waals surface area contributed by atoms with Gasteiger partial charge in [0.2, 0.25) is 11.8 Å². The maximum Gasteiger partial charge on any atom is 0.255 e. The van der Waals surface area contributed by atoms with Crippen LogP contribution in [0.5, 0.6) is 0 Å². The topological polar surface area (TPSA) is 66.5 Å². The molecule has 3 aliphatic rings. The summed E-state index contributed by atoms with van der Waals surface area (Å²) >= 11 is 0. The Morgan fingerprint density at radius 3 is 2.57 bits per heavy atom. The van der Waals surface area contributed by atoms with Crippen molar-refractivity contribution >= 4 is 17.7 Å². The summed E-state index contributed by atoms with van der Waals surface area (Å²) in [5, 5.41) is 2.32. The van der Waals surface area contributed by atoms with Crippen molar-refractivity contribution in [2.75, 3.05) is 6.54 Å². The van der Waals surface area contributed by atoms with Gasteiger partial charge in [-0.25, -0.2) is 0 Å². The number of imide groups is 1. The molecule has 0 bridgehead atoms. The van der Waals surface area contributed by atoms with Crippen LogP contribution in [0, 0.1) is 11.3 Å². The van der Waals surface area contributed by atoms with Gasteiger partial charge in [0.1, 0.15) is 6.04 Å². The molecule has 1 N–H and O–H groups in total. The van der Waals surface area contributed by atoms with E-state index in [9.17, 15) is 14.4 Å². The van der Waals surface area contributed by atoms with E-state index >= 15 is 0 Å². The third-order valence-electron chi connectivity index (χ3n) is 5.26. The number of amides is 3. The van der Waals surface area contributed by atoms with E-state index in [1.54, 1.807) is 4.90 Å². The van der Waals surface area contributed by atoms with Gasteiger partial charge in [0.25, 0.3) is 5.91 Å². The molecule has 5 nitrogen and oxygen atoms in total. The number of nitrogens with one attached hydrogen (secondary N) is 1. The monoisotopic (exact) mass is 314 g/mol. The van der Waals surface area contributed by atoms with Crippen LogP contribution in [0.2, 0.25) is 0 Å². The molecule has 3 amide bonds. The molecule has 2 heterocycles. The van der Waals surface area contributed by atoms with Crippen molar-refractivity contribution in [2.24, 2.45) is 11.3 Å². The second-order valence-electron chi connectivity index (χ2n) is 7.03. The molecule has 0 aromatic carbocycles. The molecule has 23 heavy (non-hydrogen) atoms. The molecule has 1 fully saturated rings. The highest BCUT2D eigenvalue weighted by molar-refractivity contribution is 6.06. The average Bonchev–Trinajstić information content (AvgIpc) is 2.68. The average molecular weight is 314 g/mol. The molecule has 0 saturated carbocycles. The van der Waals surface area contributed by atoms with Crippen LogP contribution < -0.4 is 5.32 Å². The standard InChI is InChI=1S/C18H22N2O3/c1-11(2)18(3)8-6-12-10-20(17(23)13(12)7-9-18)14-4-5-15(21)19-16(14)22/h6-9,11,14H,4-5,10H2,1-3H3,(H,19,21,22). The lowest BCUT2D eigenvalue weighted by molar-refractivity contribution is -0.142. The Kier molecular flexibility index (Phi) is 3.74. The summed E-state index contributed by atoms with van der Waals surface area (Å²) in [6, 6.07) is -0.551. The summed E-state index contributed by atoms with van der Waals surface area (Å²) in [5.41, 5.74) is 1.53. The Morgan fingerprint density at radius 2 is 1.91 bits per heavy atom. The minimum atomic E-state index is -0.551. The zero-order valence-electron chi connectivity index (χ0n) is 13.8. The van der Waals surface area contributed by atoms with E-state index in [1.807, 2.05) is 12.2 Å². The lowest BCUT2D eigenvalue weighted by atomic mass is 9.78. The van der Waals surface area contributed by atoms with Crippen LogP contribution in [0.3, 0.4) is 0 Å². The smallest absolute Gasteiger partial charge is 0.255 e. The second kappa shape index (κ2) is 5.48. The van der Waals surface area contributed by atoms with Gasteiger partial charge in [0, 0.05) is 24.0 Å². The first-order valence-electron chi connectivity index (χ1n) is 8.08. The van der Waals surface area contributed by atoms with Crippen LogP contribution in [-0.2, 0) is 14.4 Å². The Labute approximate surface area is 136 Å². The fourth-order valence-corrected chi connectivity index (χ4v) is 3.17. The number of carbonyl (C=O) groups is 3. The molecular weight excluding hydrogens is 292 g/mol. The lowest BCUT2D eigenvalue weighted by Gasteiger charge is -2.30. The molecule has 1 aliphatic carbocycles. The minimum Gasteiger partial charge on any atom is -0.322 e. The van der Waals surface area contributed by atoms with Gasteiger partial charge in [-0.05, 0) is 17.9 Å². The Bertz CT molecular complexity index is 672. The molecule has 3 rings (SSSR count). The molecule has 122 valence electrons. The third-order valence-corrected chi connectivity index (χ3v) is 5.26. The van der Waals surface area contributed by atoms with Crippen LogP contribution in [0.15, 0.2) is 35.5 Å². The summed E-state index contributed by atoms with van der Waals surface area (Å²) in [6.45, 7) is 6.88. The first kappa shape index (κ1) is 15.7. The first-order valence-corrected chi connectivity index (χ1v) is 8.08. The van der Waals surface area contributed by atoms with Gasteiger partial charge >= 0.3 is 0 Å². The first-order chi connectivity index (χ1) is 10.8. The fraction of sp³-hybridized carbons (Fsp3) is 0.500. The van der Waals surface area contributed by atoms with Crippen molar-refractivity contribution in [3.05, 3.63) is 35.5 Å². The summed E-state index contributed by atoms with van der Waals surface area (Å²) in [7, 11) is 0. The summed E-state index contributed by atoms with van der Waals surface area (Å²) < 4.78 is 0. The highest BCUT2D eigenvalue weighted by Gasteiger charge is 2.40. The molecule has 0 radical (unpaired) electrons. The van der Waals surface area contributed by atoms with Crippen molar-refractivity contribution in [1.82, 2.24) is 10.2 Å². The normalized spacial score (nSPS) is 30.9. The Hall–Kier alpha value is -2.17. The van der Waals surface area contributed by atoms with Gasteiger partial charge in [-0.2, -0.15) is 0 Å². The van der Waals surface area contributed by atoms with Crippen LogP contribution in [-0.4, -0.2) is 35.2 Å². The number of allylic oxidation sites excluding steroid dienone is 2. The SMILES string of the molecule is CC(C)C1(C)C=CC2=C(C=C1)C(=O)N(C1CCC(=O)NC1=O)C2. The van der Waals surface area contributed by atoms with E-state index in [1.165, 1.54) is 0 Å². The van der Waals surface area contributed by atoms with E-state index < -0.39 is 6.04 Å². The number of hydrogen-bond donors (Lipinski definition) is 1. The van der Waals surface area contributed by atoms with Gasteiger partial charge in [0.05, 0.1) is 0 Å². The lowest BCUT2D eigenvalue weighted by Crippen LogP contribution is -2.53. The summed E-state index contributed by atoms with van der Waals surface area (Å²) in [6.07, 6.45) is 8.79. The van der Waals surface area contributed by atoms with Gasteiger partial charge < -0.3 is 4.90 Å². The van der Waals surface area contributed by atoms with Crippen molar-refractivity contribution in [1.29, 1.82) is 0 Å². The minimum absolute atomic E-state index is 0.0793. The number of hydrogen-bond acceptors (Lipinski definition) is 3. The van der Waals surface area contributed by atoms with Crippen molar-refractivity contribution in [2.45, 2.75) is 39.7 Å². The summed E-state index contributed by atoms with van der Waals surface area (Å²) in [4.78, 5) is 37.6. The van der Waals surface area contributed by atoms with E-state index in [4.69, 9.17) is 0 Å². The van der Waals surface area contributed by atoms with E-state index in [0.29, 0.717) is 24.5 Å².